The zero-order chi connectivity index (χ0) is 18.9. The summed E-state index contributed by atoms with van der Waals surface area (Å²) in [7, 11) is 0. The highest BCUT2D eigenvalue weighted by Crippen LogP contribution is 2.13. The van der Waals surface area contributed by atoms with Gasteiger partial charge in [-0.15, -0.1) is 0 Å². The number of carbonyl (C=O) groups is 2. The van der Waals surface area contributed by atoms with Gasteiger partial charge in [-0.1, -0.05) is 12.1 Å². The third kappa shape index (κ3) is 6.07. The van der Waals surface area contributed by atoms with E-state index in [1.165, 1.54) is 0 Å². The maximum atomic E-state index is 12.2. The number of piperidine rings is 1. The predicted octanol–water partition coefficient (Wildman–Crippen LogP) is 2.02. The lowest BCUT2D eigenvalue weighted by Crippen LogP contribution is -2.40. The zero-order valence-electron chi connectivity index (χ0n) is 15.2. The molecule has 0 aliphatic carbocycles. The molecule has 7 heteroatoms. The summed E-state index contributed by atoms with van der Waals surface area (Å²) in [4.78, 5) is 28.2. The maximum absolute atomic E-state index is 12.2. The summed E-state index contributed by atoms with van der Waals surface area (Å²) in [6, 6.07) is 10.9. The molecule has 7 nitrogen and oxygen atoms in total. The van der Waals surface area contributed by atoms with Crippen LogP contribution in [0.15, 0.2) is 48.8 Å². The number of benzene rings is 1. The highest BCUT2D eigenvalue weighted by atomic mass is 16.2. The third-order valence-electron chi connectivity index (χ3n) is 4.52. The molecule has 27 heavy (non-hydrogen) atoms. The number of nitrogens with zero attached hydrogens (tertiary/aromatic N) is 1. The molecular formula is C20H25N5O2. The molecule has 4 N–H and O–H groups in total. The molecule has 0 spiro atoms. The standard InChI is InChI=1S/C20H25N5O2/c26-19(17-4-2-8-22-14-17)23-13-16-3-1-5-18(11-16)25-20(27)24-12-15-6-9-21-10-7-15/h1,3,5-7,9-11,17,22H,2,4,8,12-14H2,(H,23,26)(H2,24,25,27). The summed E-state index contributed by atoms with van der Waals surface area (Å²) < 4.78 is 0. The second-order valence-electron chi connectivity index (χ2n) is 6.62. The fraction of sp³-hybridized carbons (Fsp3) is 0.350. The molecule has 0 bridgehead atoms. The van der Waals surface area contributed by atoms with Crippen LogP contribution in [0.5, 0.6) is 0 Å². The van der Waals surface area contributed by atoms with Gasteiger partial charge in [-0.05, 0) is 54.8 Å². The van der Waals surface area contributed by atoms with E-state index in [1.807, 2.05) is 36.4 Å². The van der Waals surface area contributed by atoms with Crippen molar-refractivity contribution in [2.24, 2.45) is 5.92 Å². The molecule has 1 fully saturated rings. The van der Waals surface area contributed by atoms with Gasteiger partial charge >= 0.3 is 6.03 Å². The Bertz CT molecular complexity index is 760. The molecule has 1 aromatic heterocycles. The van der Waals surface area contributed by atoms with Gasteiger partial charge in [-0.3, -0.25) is 9.78 Å². The molecule has 2 heterocycles. The minimum absolute atomic E-state index is 0.0408. The first-order chi connectivity index (χ1) is 13.2. The van der Waals surface area contributed by atoms with Gasteiger partial charge in [-0.25, -0.2) is 4.79 Å². The van der Waals surface area contributed by atoms with Crippen LogP contribution in [0.3, 0.4) is 0 Å². The summed E-state index contributed by atoms with van der Waals surface area (Å²) >= 11 is 0. The van der Waals surface area contributed by atoms with Crippen LogP contribution in [0, 0.1) is 5.92 Å². The first kappa shape index (κ1) is 18.8. The van der Waals surface area contributed by atoms with E-state index in [0.29, 0.717) is 18.8 Å². The van der Waals surface area contributed by atoms with Crippen molar-refractivity contribution in [2.45, 2.75) is 25.9 Å². The molecule has 142 valence electrons. The van der Waals surface area contributed by atoms with Crippen molar-refractivity contribution in [1.82, 2.24) is 20.9 Å². The minimum Gasteiger partial charge on any atom is -0.352 e. The van der Waals surface area contributed by atoms with Crippen LogP contribution in [-0.4, -0.2) is 30.0 Å². The van der Waals surface area contributed by atoms with Gasteiger partial charge < -0.3 is 21.3 Å². The molecule has 1 unspecified atom stereocenters. The van der Waals surface area contributed by atoms with Crippen LogP contribution in [-0.2, 0) is 17.9 Å². The molecule has 0 radical (unpaired) electrons. The molecular weight excluding hydrogens is 342 g/mol. The number of aromatic nitrogens is 1. The summed E-state index contributed by atoms with van der Waals surface area (Å²) in [5, 5.41) is 11.9. The number of anilines is 1. The Morgan fingerprint density at radius 1 is 1.07 bits per heavy atom. The molecule has 2 aromatic rings. The lowest BCUT2D eigenvalue weighted by atomic mass is 9.99. The Kier molecular flexibility index (Phi) is 6.76. The fourth-order valence-electron chi connectivity index (χ4n) is 3.03. The maximum Gasteiger partial charge on any atom is 0.319 e. The van der Waals surface area contributed by atoms with Gasteiger partial charge in [0.05, 0.1) is 5.92 Å². The number of amides is 3. The van der Waals surface area contributed by atoms with E-state index in [-0.39, 0.29) is 17.9 Å². The lowest BCUT2D eigenvalue weighted by molar-refractivity contribution is -0.125. The largest absolute Gasteiger partial charge is 0.352 e. The van der Waals surface area contributed by atoms with Crippen molar-refractivity contribution >= 4 is 17.6 Å². The van der Waals surface area contributed by atoms with E-state index < -0.39 is 0 Å². The van der Waals surface area contributed by atoms with Crippen LogP contribution in [0.1, 0.15) is 24.0 Å². The number of rotatable bonds is 6. The smallest absolute Gasteiger partial charge is 0.319 e. The molecule has 3 rings (SSSR count). The van der Waals surface area contributed by atoms with Gasteiger partial charge in [0, 0.05) is 37.7 Å². The number of pyridine rings is 1. The quantitative estimate of drug-likeness (QED) is 0.628. The van der Waals surface area contributed by atoms with Crippen LogP contribution in [0.25, 0.3) is 0 Å². The van der Waals surface area contributed by atoms with Gasteiger partial charge in [-0.2, -0.15) is 0 Å². The SMILES string of the molecule is O=C(NCc1ccncc1)Nc1cccc(CNC(=O)C2CCCNC2)c1. The molecule has 1 atom stereocenters. The second-order valence-corrected chi connectivity index (χ2v) is 6.62. The number of hydrogen-bond acceptors (Lipinski definition) is 4. The topological polar surface area (TPSA) is 95.2 Å². The van der Waals surface area contributed by atoms with Crippen molar-refractivity contribution in [3.05, 3.63) is 59.9 Å². The first-order valence-corrected chi connectivity index (χ1v) is 9.22. The average Bonchev–Trinajstić information content (AvgIpc) is 2.72. The highest BCUT2D eigenvalue weighted by Gasteiger charge is 2.20. The summed E-state index contributed by atoms with van der Waals surface area (Å²) in [6.07, 6.45) is 5.34. The van der Waals surface area contributed by atoms with E-state index in [0.717, 1.165) is 37.1 Å². The monoisotopic (exact) mass is 367 g/mol. The van der Waals surface area contributed by atoms with E-state index in [2.05, 4.69) is 26.3 Å². The Balaban J connectivity index is 1.46. The summed E-state index contributed by atoms with van der Waals surface area (Å²) in [5.41, 5.74) is 2.61. The van der Waals surface area contributed by atoms with E-state index in [1.54, 1.807) is 12.4 Å². The molecule has 1 aliphatic heterocycles. The van der Waals surface area contributed by atoms with Crippen molar-refractivity contribution in [2.75, 3.05) is 18.4 Å². The number of nitrogens with one attached hydrogen (secondary N) is 4. The van der Waals surface area contributed by atoms with Crippen molar-refractivity contribution < 1.29 is 9.59 Å². The second kappa shape index (κ2) is 9.68. The minimum atomic E-state index is -0.277. The number of urea groups is 1. The Hall–Kier alpha value is -2.93. The lowest BCUT2D eigenvalue weighted by Gasteiger charge is -2.21. The zero-order valence-corrected chi connectivity index (χ0v) is 15.2. The first-order valence-electron chi connectivity index (χ1n) is 9.22. The van der Waals surface area contributed by atoms with Crippen molar-refractivity contribution in [1.29, 1.82) is 0 Å². The van der Waals surface area contributed by atoms with E-state index >= 15 is 0 Å². The van der Waals surface area contributed by atoms with Crippen LogP contribution < -0.4 is 21.3 Å². The van der Waals surface area contributed by atoms with Gasteiger partial charge in [0.15, 0.2) is 0 Å². The fourth-order valence-corrected chi connectivity index (χ4v) is 3.03. The van der Waals surface area contributed by atoms with E-state index in [9.17, 15) is 9.59 Å². The molecule has 1 saturated heterocycles. The van der Waals surface area contributed by atoms with Crippen molar-refractivity contribution in [3.63, 3.8) is 0 Å². The summed E-state index contributed by atoms with van der Waals surface area (Å²) in [5.74, 6) is 0.120. The predicted molar refractivity (Wildman–Crippen MR) is 104 cm³/mol. The third-order valence-corrected chi connectivity index (χ3v) is 4.52. The molecule has 1 aliphatic rings. The average molecular weight is 367 g/mol. The molecule has 3 amide bonds. The molecule has 0 saturated carbocycles. The van der Waals surface area contributed by atoms with Gasteiger partial charge in [0.25, 0.3) is 0 Å². The van der Waals surface area contributed by atoms with Gasteiger partial charge in [0.2, 0.25) is 5.91 Å². The number of carbonyl (C=O) groups excluding carboxylic acids is 2. The normalized spacial score (nSPS) is 16.4. The Labute approximate surface area is 159 Å². The van der Waals surface area contributed by atoms with E-state index in [4.69, 9.17) is 0 Å². The van der Waals surface area contributed by atoms with Crippen molar-refractivity contribution in [3.8, 4) is 0 Å². The van der Waals surface area contributed by atoms with Crippen LogP contribution in [0.2, 0.25) is 0 Å². The Morgan fingerprint density at radius 3 is 2.67 bits per heavy atom. The molecule has 1 aromatic carbocycles. The van der Waals surface area contributed by atoms with Gasteiger partial charge in [0.1, 0.15) is 0 Å². The Morgan fingerprint density at radius 2 is 1.89 bits per heavy atom. The van der Waals surface area contributed by atoms with Crippen LogP contribution in [0.4, 0.5) is 10.5 Å². The summed E-state index contributed by atoms with van der Waals surface area (Å²) in [6.45, 7) is 2.61. The number of hydrogen-bond donors (Lipinski definition) is 4. The highest BCUT2D eigenvalue weighted by molar-refractivity contribution is 5.89. The van der Waals surface area contributed by atoms with Crippen LogP contribution >= 0.6 is 0 Å².